The van der Waals surface area contributed by atoms with Crippen LogP contribution in [0.5, 0.6) is 0 Å². The lowest BCUT2D eigenvalue weighted by Crippen LogP contribution is -1.82. The first-order valence-electron chi connectivity index (χ1n) is 4.62. The van der Waals surface area contributed by atoms with Crippen molar-refractivity contribution in [1.29, 1.82) is 0 Å². The first-order valence-corrected chi connectivity index (χ1v) is 5.50. The van der Waals surface area contributed by atoms with E-state index in [0.29, 0.717) is 0 Å². The Morgan fingerprint density at radius 2 is 1.92 bits per heavy atom. The predicted molar refractivity (Wildman–Crippen MR) is 60.1 cm³/mol. The second kappa shape index (κ2) is 3.15. The predicted octanol–water partition coefficient (Wildman–Crippen LogP) is 4.10. The first-order chi connectivity index (χ1) is 6.20. The zero-order valence-corrected chi connectivity index (χ0v) is 9.16. The molecule has 0 aromatic carbocycles. The van der Waals surface area contributed by atoms with Gasteiger partial charge in [0.1, 0.15) is 0 Å². The van der Waals surface area contributed by atoms with Crippen molar-refractivity contribution in [2.24, 2.45) is 0 Å². The Kier molecular flexibility index (Phi) is 2.12. The molecule has 0 saturated carbocycles. The van der Waals surface area contributed by atoms with Gasteiger partial charge in [-0.1, -0.05) is 12.2 Å². The monoisotopic (exact) mass is 190 g/mol. The van der Waals surface area contributed by atoms with Gasteiger partial charge in [0.15, 0.2) is 0 Å². The number of hydrogen-bond donors (Lipinski definition) is 0. The fourth-order valence-corrected chi connectivity index (χ4v) is 2.85. The SMILES string of the molecule is CC1=CCC=C1c1scc(C)c1C. The number of thiophene rings is 1. The maximum Gasteiger partial charge on any atom is 0.0374 e. The van der Waals surface area contributed by atoms with Crippen LogP contribution in [0.3, 0.4) is 0 Å². The molecular formula is C12H14S. The molecular weight excluding hydrogens is 176 g/mol. The molecule has 1 aromatic rings. The average Bonchev–Trinajstić information content (AvgIpc) is 2.62. The molecule has 1 heteroatoms. The lowest BCUT2D eigenvalue weighted by Gasteiger charge is -2.02. The first kappa shape index (κ1) is 8.76. The smallest absolute Gasteiger partial charge is 0.0374 e. The third-order valence-electron chi connectivity index (χ3n) is 2.70. The summed E-state index contributed by atoms with van der Waals surface area (Å²) < 4.78 is 0. The van der Waals surface area contributed by atoms with Gasteiger partial charge in [-0.25, -0.2) is 0 Å². The maximum atomic E-state index is 2.33. The third-order valence-corrected chi connectivity index (χ3v) is 3.93. The number of allylic oxidation sites excluding steroid dienone is 4. The van der Waals surface area contributed by atoms with Crippen LogP contribution in [0.2, 0.25) is 0 Å². The molecule has 0 N–H and O–H groups in total. The van der Waals surface area contributed by atoms with Gasteiger partial charge in [0.2, 0.25) is 0 Å². The summed E-state index contributed by atoms with van der Waals surface area (Å²) in [5.41, 5.74) is 5.76. The zero-order valence-electron chi connectivity index (χ0n) is 8.35. The van der Waals surface area contributed by atoms with Gasteiger partial charge >= 0.3 is 0 Å². The van der Waals surface area contributed by atoms with Crippen LogP contribution in [-0.2, 0) is 0 Å². The Hall–Kier alpha value is -0.820. The molecule has 0 amide bonds. The maximum absolute atomic E-state index is 2.33. The molecule has 2 rings (SSSR count). The van der Waals surface area contributed by atoms with Crippen molar-refractivity contribution in [2.45, 2.75) is 27.2 Å². The van der Waals surface area contributed by atoms with Gasteiger partial charge in [-0.05, 0) is 54.8 Å². The molecule has 0 radical (unpaired) electrons. The van der Waals surface area contributed by atoms with Crippen molar-refractivity contribution in [3.8, 4) is 0 Å². The van der Waals surface area contributed by atoms with Crippen molar-refractivity contribution in [3.63, 3.8) is 0 Å². The van der Waals surface area contributed by atoms with Gasteiger partial charge in [0.25, 0.3) is 0 Å². The van der Waals surface area contributed by atoms with Crippen molar-refractivity contribution in [3.05, 3.63) is 39.1 Å². The Balaban J connectivity index is 2.47. The minimum absolute atomic E-state index is 1.11. The summed E-state index contributed by atoms with van der Waals surface area (Å²) in [6.07, 6.45) is 5.73. The topological polar surface area (TPSA) is 0 Å². The summed E-state index contributed by atoms with van der Waals surface area (Å²) in [6.45, 7) is 6.60. The van der Waals surface area contributed by atoms with E-state index in [4.69, 9.17) is 0 Å². The van der Waals surface area contributed by atoms with E-state index in [2.05, 4.69) is 38.3 Å². The van der Waals surface area contributed by atoms with Gasteiger partial charge < -0.3 is 0 Å². The quantitative estimate of drug-likeness (QED) is 0.625. The highest BCUT2D eigenvalue weighted by atomic mass is 32.1. The Morgan fingerprint density at radius 3 is 2.38 bits per heavy atom. The number of hydrogen-bond acceptors (Lipinski definition) is 1. The highest BCUT2D eigenvalue weighted by molar-refractivity contribution is 7.11. The molecule has 13 heavy (non-hydrogen) atoms. The van der Waals surface area contributed by atoms with Crippen molar-refractivity contribution in [1.82, 2.24) is 0 Å². The largest absolute Gasteiger partial charge is 0.143 e. The molecule has 0 bridgehead atoms. The molecule has 1 heterocycles. The summed E-state index contributed by atoms with van der Waals surface area (Å²) in [7, 11) is 0. The molecule has 1 aliphatic carbocycles. The van der Waals surface area contributed by atoms with E-state index in [9.17, 15) is 0 Å². The van der Waals surface area contributed by atoms with Crippen LogP contribution >= 0.6 is 11.3 Å². The van der Waals surface area contributed by atoms with Crippen LogP contribution in [0.1, 0.15) is 29.3 Å². The lowest BCUT2D eigenvalue weighted by molar-refractivity contribution is 1.38. The molecule has 0 spiro atoms. The van der Waals surface area contributed by atoms with E-state index >= 15 is 0 Å². The van der Waals surface area contributed by atoms with Crippen molar-refractivity contribution >= 4 is 16.9 Å². The van der Waals surface area contributed by atoms with E-state index in [0.717, 1.165) is 6.42 Å². The summed E-state index contributed by atoms with van der Waals surface area (Å²) in [4.78, 5) is 1.46. The lowest BCUT2D eigenvalue weighted by atomic mass is 10.1. The minimum atomic E-state index is 1.11. The van der Waals surface area contributed by atoms with E-state index in [1.54, 1.807) is 0 Å². The summed E-state index contributed by atoms with van der Waals surface area (Å²) in [6, 6.07) is 0. The van der Waals surface area contributed by atoms with Crippen LogP contribution in [0, 0.1) is 13.8 Å². The normalized spacial score (nSPS) is 15.9. The van der Waals surface area contributed by atoms with E-state index in [-0.39, 0.29) is 0 Å². The summed E-state index contributed by atoms with van der Waals surface area (Å²) in [5.74, 6) is 0. The number of aryl methyl sites for hydroxylation is 1. The van der Waals surface area contributed by atoms with Gasteiger partial charge in [-0.15, -0.1) is 11.3 Å². The van der Waals surface area contributed by atoms with Gasteiger partial charge in [-0.3, -0.25) is 0 Å². The molecule has 0 saturated heterocycles. The second-order valence-electron chi connectivity index (χ2n) is 3.61. The van der Waals surface area contributed by atoms with Crippen LogP contribution in [0.4, 0.5) is 0 Å². The van der Waals surface area contributed by atoms with E-state index < -0.39 is 0 Å². The zero-order chi connectivity index (χ0) is 9.42. The highest BCUT2D eigenvalue weighted by Gasteiger charge is 2.12. The Labute approximate surface area is 83.6 Å². The molecule has 0 fully saturated rings. The standard InChI is InChI=1S/C12H14S/c1-8-5-4-6-11(8)12-10(3)9(2)7-13-12/h5-7H,4H2,1-3H3. The summed E-state index contributed by atoms with van der Waals surface area (Å²) in [5, 5.41) is 2.25. The Bertz CT molecular complexity index is 391. The molecule has 0 unspecified atom stereocenters. The minimum Gasteiger partial charge on any atom is -0.143 e. The van der Waals surface area contributed by atoms with Gasteiger partial charge in [0.05, 0.1) is 0 Å². The van der Waals surface area contributed by atoms with Gasteiger partial charge in [0, 0.05) is 4.88 Å². The van der Waals surface area contributed by atoms with Gasteiger partial charge in [-0.2, -0.15) is 0 Å². The van der Waals surface area contributed by atoms with Crippen molar-refractivity contribution < 1.29 is 0 Å². The van der Waals surface area contributed by atoms with Crippen LogP contribution in [0.25, 0.3) is 5.57 Å². The second-order valence-corrected chi connectivity index (χ2v) is 4.49. The fraction of sp³-hybridized carbons (Fsp3) is 0.333. The number of rotatable bonds is 1. The molecule has 0 aliphatic heterocycles. The summed E-state index contributed by atoms with van der Waals surface area (Å²) >= 11 is 1.87. The van der Waals surface area contributed by atoms with Crippen LogP contribution in [0.15, 0.2) is 23.1 Å². The third kappa shape index (κ3) is 1.37. The highest BCUT2D eigenvalue weighted by Crippen LogP contribution is 2.35. The molecule has 68 valence electrons. The molecule has 1 aliphatic rings. The molecule has 0 atom stereocenters. The Morgan fingerprint density at radius 1 is 1.15 bits per heavy atom. The van der Waals surface area contributed by atoms with Crippen LogP contribution in [-0.4, -0.2) is 0 Å². The van der Waals surface area contributed by atoms with Crippen molar-refractivity contribution in [2.75, 3.05) is 0 Å². The molecule has 1 aromatic heterocycles. The van der Waals surface area contributed by atoms with E-state index in [1.807, 2.05) is 11.3 Å². The molecule has 0 nitrogen and oxygen atoms in total. The van der Waals surface area contributed by atoms with Crippen LogP contribution < -0.4 is 0 Å². The van der Waals surface area contributed by atoms with E-state index in [1.165, 1.54) is 27.2 Å². The fourth-order valence-electron chi connectivity index (χ4n) is 1.66. The average molecular weight is 190 g/mol.